The number of nitriles is 1. The summed E-state index contributed by atoms with van der Waals surface area (Å²) in [7, 11) is -4.59. The average molecular weight is 325 g/mol. The molecular formula is C14H15NO6S. The minimum Gasteiger partial charge on any atom is -0.456 e. The second-order valence-corrected chi connectivity index (χ2v) is 6.27. The fraction of sp³-hybridized carbons (Fsp3) is 0.286. The lowest BCUT2D eigenvalue weighted by Gasteiger charge is -2.18. The van der Waals surface area contributed by atoms with Crippen LogP contribution in [-0.4, -0.2) is 24.5 Å². The Morgan fingerprint density at radius 3 is 2.23 bits per heavy atom. The largest absolute Gasteiger partial charge is 0.456 e. The molecule has 0 unspecified atom stereocenters. The highest BCUT2D eigenvalue weighted by Crippen LogP contribution is 2.17. The van der Waals surface area contributed by atoms with E-state index < -0.39 is 22.0 Å². The van der Waals surface area contributed by atoms with Crippen molar-refractivity contribution in [2.75, 3.05) is 0 Å². The zero-order valence-electron chi connectivity index (χ0n) is 12.2. The molecule has 0 amide bonds. The predicted octanol–water partition coefficient (Wildman–Crippen LogP) is 2.12. The highest BCUT2D eigenvalue weighted by Gasteiger charge is 2.19. The number of hydrogen-bond donors (Lipinski definition) is 1. The molecule has 0 aliphatic carbocycles. The van der Waals surface area contributed by atoms with E-state index in [9.17, 15) is 13.2 Å². The third-order valence-corrected chi connectivity index (χ3v) is 2.53. The van der Waals surface area contributed by atoms with E-state index in [4.69, 9.17) is 14.6 Å². The van der Waals surface area contributed by atoms with E-state index in [0.29, 0.717) is 5.56 Å². The van der Waals surface area contributed by atoms with Gasteiger partial charge in [-0.05, 0) is 44.5 Å². The molecule has 118 valence electrons. The van der Waals surface area contributed by atoms with Crippen LogP contribution >= 0.6 is 0 Å². The highest BCUT2D eigenvalue weighted by molar-refractivity contribution is 7.81. The number of carbonyl (C=O) groups is 1. The first-order valence-corrected chi connectivity index (χ1v) is 7.49. The van der Waals surface area contributed by atoms with Crippen LogP contribution in [0.5, 0.6) is 5.75 Å². The van der Waals surface area contributed by atoms with Crippen LogP contribution in [0.2, 0.25) is 0 Å². The van der Waals surface area contributed by atoms with Crippen molar-refractivity contribution < 1.29 is 26.7 Å². The van der Waals surface area contributed by atoms with Gasteiger partial charge < -0.3 is 8.92 Å². The predicted molar refractivity (Wildman–Crippen MR) is 78.1 cm³/mol. The Balaban J connectivity index is 2.95. The molecule has 0 aliphatic heterocycles. The van der Waals surface area contributed by atoms with Gasteiger partial charge in [0, 0.05) is 0 Å². The number of nitrogens with zero attached hydrogens (tertiary/aromatic N) is 1. The Hall–Kier alpha value is -2.37. The van der Waals surface area contributed by atoms with Gasteiger partial charge >= 0.3 is 16.4 Å². The molecule has 0 aromatic heterocycles. The molecule has 7 nitrogen and oxygen atoms in total. The molecule has 0 saturated heterocycles. The lowest BCUT2D eigenvalue weighted by molar-refractivity contribution is -0.149. The van der Waals surface area contributed by atoms with Gasteiger partial charge in [-0.3, -0.25) is 4.55 Å². The third-order valence-electron chi connectivity index (χ3n) is 2.13. The maximum Gasteiger partial charge on any atom is 0.446 e. The smallest absolute Gasteiger partial charge is 0.446 e. The lowest BCUT2D eigenvalue weighted by atomic mass is 10.1. The number of benzene rings is 1. The molecule has 22 heavy (non-hydrogen) atoms. The van der Waals surface area contributed by atoms with E-state index in [1.54, 1.807) is 26.8 Å². The Kier molecular flexibility index (Phi) is 5.30. The van der Waals surface area contributed by atoms with Crippen molar-refractivity contribution in [2.45, 2.75) is 26.4 Å². The van der Waals surface area contributed by atoms with Crippen LogP contribution in [0.1, 0.15) is 26.3 Å². The normalized spacial score (nSPS) is 12.4. The quantitative estimate of drug-likeness (QED) is 0.390. The molecule has 0 bridgehead atoms. The van der Waals surface area contributed by atoms with Gasteiger partial charge in [-0.25, -0.2) is 4.79 Å². The molecule has 1 aromatic carbocycles. The Morgan fingerprint density at radius 2 is 1.82 bits per heavy atom. The summed E-state index contributed by atoms with van der Waals surface area (Å²) < 4.78 is 39.0. The Bertz CT molecular complexity index is 720. The monoisotopic (exact) mass is 325 g/mol. The van der Waals surface area contributed by atoms with Gasteiger partial charge in [-0.15, -0.1) is 0 Å². The first kappa shape index (κ1) is 17.7. The van der Waals surface area contributed by atoms with Gasteiger partial charge in [0.05, 0.1) is 0 Å². The summed E-state index contributed by atoms with van der Waals surface area (Å²) in [5, 5.41) is 9.01. The second kappa shape index (κ2) is 6.60. The third kappa shape index (κ3) is 6.39. The van der Waals surface area contributed by atoms with Crippen molar-refractivity contribution in [3.63, 3.8) is 0 Å². The van der Waals surface area contributed by atoms with Gasteiger partial charge in [-0.1, -0.05) is 12.1 Å². The van der Waals surface area contributed by atoms with Gasteiger partial charge in [0.15, 0.2) is 0 Å². The Morgan fingerprint density at radius 1 is 1.27 bits per heavy atom. The van der Waals surface area contributed by atoms with Crippen LogP contribution in [0.4, 0.5) is 0 Å². The van der Waals surface area contributed by atoms with E-state index >= 15 is 0 Å². The van der Waals surface area contributed by atoms with Crippen LogP contribution in [0.25, 0.3) is 6.08 Å². The number of ether oxygens (including phenoxy) is 1. The molecule has 0 heterocycles. The van der Waals surface area contributed by atoms with Crippen LogP contribution in [0.3, 0.4) is 0 Å². The van der Waals surface area contributed by atoms with Crippen LogP contribution in [-0.2, 0) is 19.9 Å². The molecular weight excluding hydrogens is 310 g/mol. The summed E-state index contributed by atoms with van der Waals surface area (Å²) in [6.07, 6.45) is 1.30. The van der Waals surface area contributed by atoms with Crippen molar-refractivity contribution in [3.05, 3.63) is 35.4 Å². The van der Waals surface area contributed by atoms with Crippen molar-refractivity contribution in [3.8, 4) is 11.8 Å². The summed E-state index contributed by atoms with van der Waals surface area (Å²) in [5.74, 6) is -0.858. The van der Waals surface area contributed by atoms with Gasteiger partial charge in [0.2, 0.25) is 0 Å². The second-order valence-electron chi connectivity index (χ2n) is 5.25. The molecule has 0 atom stereocenters. The standard InChI is InChI=1S/C14H15NO6S/c1-14(2,3)20-13(16)11(9-15)8-10-4-6-12(7-5-10)21-22(17,18)19/h4-8H,1-3H3,(H,17,18,19). The summed E-state index contributed by atoms with van der Waals surface area (Å²) in [6.45, 7) is 5.05. The fourth-order valence-electron chi connectivity index (χ4n) is 1.38. The molecule has 0 aliphatic rings. The van der Waals surface area contributed by atoms with Crippen molar-refractivity contribution in [2.24, 2.45) is 0 Å². The summed E-state index contributed by atoms with van der Waals surface area (Å²) in [4.78, 5) is 11.8. The maximum absolute atomic E-state index is 11.8. The van der Waals surface area contributed by atoms with Crippen molar-refractivity contribution in [1.82, 2.24) is 0 Å². The average Bonchev–Trinajstić information content (AvgIpc) is 2.33. The fourth-order valence-corrected chi connectivity index (χ4v) is 1.73. The van der Waals surface area contributed by atoms with Gasteiger partial charge in [0.1, 0.15) is 23.0 Å². The van der Waals surface area contributed by atoms with Crippen LogP contribution < -0.4 is 4.18 Å². The molecule has 0 spiro atoms. The summed E-state index contributed by atoms with van der Waals surface area (Å²) in [6, 6.07) is 7.12. The zero-order valence-corrected chi connectivity index (χ0v) is 13.0. The molecule has 8 heteroatoms. The first-order chi connectivity index (χ1) is 10.00. The van der Waals surface area contributed by atoms with E-state index in [2.05, 4.69) is 4.18 Å². The summed E-state index contributed by atoms with van der Waals surface area (Å²) >= 11 is 0. The maximum atomic E-state index is 11.8. The Labute approximate surface area is 128 Å². The molecule has 1 N–H and O–H groups in total. The van der Waals surface area contributed by atoms with Crippen molar-refractivity contribution >= 4 is 22.4 Å². The number of rotatable bonds is 4. The molecule has 0 fully saturated rings. The van der Waals surface area contributed by atoms with Crippen molar-refractivity contribution in [1.29, 1.82) is 5.26 Å². The van der Waals surface area contributed by atoms with E-state index in [1.807, 2.05) is 0 Å². The topological polar surface area (TPSA) is 114 Å². The SMILES string of the molecule is CC(C)(C)OC(=O)C(C#N)=Cc1ccc(OS(=O)(=O)O)cc1. The molecule has 1 rings (SSSR count). The number of hydrogen-bond acceptors (Lipinski definition) is 6. The minimum absolute atomic E-state index is 0.101. The first-order valence-electron chi connectivity index (χ1n) is 6.12. The summed E-state index contributed by atoms with van der Waals surface area (Å²) in [5.41, 5.74) is -0.455. The number of esters is 1. The van der Waals surface area contributed by atoms with E-state index in [0.717, 1.165) is 0 Å². The molecule has 0 radical (unpaired) electrons. The molecule has 0 saturated carbocycles. The highest BCUT2D eigenvalue weighted by atomic mass is 32.3. The number of carbonyl (C=O) groups excluding carboxylic acids is 1. The molecule has 1 aromatic rings. The van der Waals surface area contributed by atoms with Crippen LogP contribution in [0, 0.1) is 11.3 Å². The minimum atomic E-state index is -4.59. The van der Waals surface area contributed by atoms with E-state index in [-0.39, 0.29) is 11.3 Å². The zero-order chi connectivity index (χ0) is 17.0. The lowest BCUT2D eigenvalue weighted by Crippen LogP contribution is -2.24. The van der Waals surface area contributed by atoms with E-state index in [1.165, 1.54) is 30.3 Å². The van der Waals surface area contributed by atoms with Gasteiger partial charge in [0.25, 0.3) is 0 Å². The van der Waals surface area contributed by atoms with Gasteiger partial charge in [-0.2, -0.15) is 13.7 Å². The van der Waals surface area contributed by atoms with Crippen LogP contribution in [0.15, 0.2) is 29.8 Å².